The highest BCUT2D eigenvalue weighted by atomic mass is 16.5. The molecule has 1 heterocycles. The summed E-state index contributed by atoms with van der Waals surface area (Å²) in [5.41, 5.74) is 1.23. The van der Waals surface area contributed by atoms with Crippen molar-refractivity contribution in [3.05, 3.63) is 54.6 Å². The van der Waals surface area contributed by atoms with E-state index in [0.29, 0.717) is 5.69 Å². The first-order valence-corrected chi connectivity index (χ1v) is 13.1. The van der Waals surface area contributed by atoms with Crippen LogP contribution in [0, 0.1) is 0 Å². The van der Waals surface area contributed by atoms with Gasteiger partial charge < -0.3 is 30.2 Å². The third-order valence-electron chi connectivity index (χ3n) is 5.70. The number of ether oxygens (including phenoxy) is 3. The molecule has 1 aromatic rings. The molecule has 2 atom stereocenters. The van der Waals surface area contributed by atoms with Crippen LogP contribution in [0.5, 0.6) is 0 Å². The largest absolute Gasteiger partial charge is 0.461 e. The van der Waals surface area contributed by atoms with Crippen molar-refractivity contribution >= 4 is 41.2 Å². The van der Waals surface area contributed by atoms with Gasteiger partial charge >= 0.3 is 5.97 Å². The molecule has 0 unspecified atom stereocenters. The number of esters is 1. The third kappa shape index (κ3) is 11.7. The lowest BCUT2D eigenvalue weighted by atomic mass is 10.2. The fourth-order valence-electron chi connectivity index (χ4n) is 3.35. The van der Waals surface area contributed by atoms with Crippen molar-refractivity contribution in [3.8, 4) is 0 Å². The van der Waals surface area contributed by atoms with E-state index in [0.717, 1.165) is 10.5 Å². The first-order valence-electron chi connectivity index (χ1n) is 13.1. The molecule has 0 fully saturated rings. The number of hydrogen-bond donors (Lipinski definition) is 3. The lowest BCUT2D eigenvalue weighted by Crippen LogP contribution is -2.50. The Morgan fingerprint density at radius 1 is 0.927 bits per heavy atom. The molecule has 0 aromatic heterocycles. The zero-order chi connectivity index (χ0) is 30.2. The number of imide groups is 1. The summed E-state index contributed by atoms with van der Waals surface area (Å²) < 4.78 is 15.7. The minimum atomic E-state index is -1.05. The summed E-state index contributed by atoms with van der Waals surface area (Å²) in [5, 5.41) is 7.73. The molecule has 0 bridgehead atoms. The number of benzene rings is 1. The molecule has 0 spiro atoms. The van der Waals surface area contributed by atoms with E-state index in [1.165, 1.54) is 25.2 Å². The second-order valence-corrected chi connectivity index (χ2v) is 8.85. The van der Waals surface area contributed by atoms with E-state index in [-0.39, 0.29) is 70.2 Å². The van der Waals surface area contributed by atoms with E-state index in [1.807, 2.05) is 0 Å². The number of carbonyl (C=O) groups excluding carboxylic acids is 6. The van der Waals surface area contributed by atoms with E-state index in [2.05, 4.69) is 22.5 Å². The van der Waals surface area contributed by atoms with E-state index in [9.17, 15) is 28.8 Å². The summed E-state index contributed by atoms with van der Waals surface area (Å²) >= 11 is 0. The number of rotatable bonds is 18. The second-order valence-electron chi connectivity index (χ2n) is 8.85. The van der Waals surface area contributed by atoms with Gasteiger partial charge in [0.25, 0.3) is 17.7 Å². The molecule has 41 heavy (non-hydrogen) atoms. The molecule has 0 saturated carbocycles. The van der Waals surface area contributed by atoms with Gasteiger partial charge in [0, 0.05) is 30.7 Å². The zero-order valence-electron chi connectivity index (χ0n) is 23.2. The van der Waals surface area contributed by atoms with Crippen molar-refractivity contribution in [1.82, 2.24) is 15.5 Å². The van der Waals surface area contributed by atoms with Gasteiger partial charge in [-0.3, -0.25) is 33.7 Å². The zero-order valence-corrected chi connectivity index (χ0v) is 23.2. The molecule has 0 saturated heterocycles. The van der Waals surface area contributed by atoms with Crippen molar-refractivity contribution in [3.63, 3.8) is 0 Å². The highest BCUT2D eigenvalue weighted by Crippen LogP contribution is 2.11. The third-order valence-corrected chi connectivity index (χ3v) is 5.70. The standard InChI is InChI=1S/C28H36N4O9/c1-4-22(28(38)30-21-8-6-20(7-9-21)18-41-26(36)5-2)31-27(37)19(3)29-23(33)12-14-39-16-17-40-15-13-32-24(34)10-11-25(32)35/h4,6-11,19,22H,1,5,12-18H2,2-3H3,(H,29,33)(H,30,38)(H,31,37)/t19-,22-/m0/s1. The van der Waals surface area contributed by atoms with Crippen molar-refractivity contribution in [2.24, 2.45) is 0 Å². The summed E-state index contributed by atoms with van der Waals surface area (Å²) in [6, 6.07) is 4.72. The molecular formula is C28H36N4O9. The van der Waals surface area contributed by atoms with Crippen LogP contribution in [-0.2, 0) is 49.6 Å². The first kappa shape index (κ1) is 32.8. The Kier molecular flexibility index (Phi) is 13.9. The molecule has 1 aliphatic heterocycles. The highest BCUT2D eigenvalue weighted by molar-refractivity contribution is 6.12. The Hall–Kier alpha value is -4.36. The minimum absolute atomic E-state index is 0.000909. The smallest absolute Gasteiger partial charge is 0.305 e. The van der Waals surface area contributed by atoms with Crippen LogP contribution < -0.4 is 16.0 Å². The normalized spacial score (nSPS) is 13.9. The molecule has 2 rings (SSSR count). The van der Waals surface area contributed by atoms with Gasteiger partial charge in [-0.25, -0.2) is 0 Å². The van der Waals surface area contributed by atoms with Gasteiger partial charge in [0.15, 0.2) is 0 Å². The van der Waals surface area contributed by atoms with Gasteiger partial charge in [-0.1, -0.05) is 25.1 Å². The maximum Gasteiger partial charge on any atom is 0.305 e. The maximum absolute atomic E-state index is 12.6. The Labute approximate surface area is 238 Å². The topological polar surface area (TPSA) is 169 Å². The average molecular weight is 573 g/mol. The summed E-state index contributed by atoms with van der Waals surface area (Å²) in [5.74, 6) is -2.58. The SMILES string of the molecule is C=C[C@H](NC(=O)[C@H](C)NC(=O)CCOCCOCCN1C(=O)C=CC1=O)C(=O)Nc1ccc(COC(=O)CC)cc1. The monoisotopic (exact) mass is 572 g/mol. The summed E-state index contributed by atoms with van der Waals surface area (Å²) in [6.07, 6.45) is 3.96. The predicted molar refractivity (Wildman–Crippen MR) is 147 cm³/mol. The quantitative estimate of drug-likeness (QED) is 0.0987. The predicted octanol–water partition coefficient (Wildman–Crippen LogP) is 0.602. The summed E-state index contributed by atoms with van der Waals surface area (Å²) in [6.45, 7) is 7.73. The number of nitrogens with zero attached hydrogens (tertiary/aromatic N) is 1. The van der Waals surface area contributed by atoms with E-state index < -0.39 is 29.8 Å². The van der Waals surface area contributed by atoms with Crippen molar-refractivity contribution in [2.75, 3.05) is 38.3 Å². The molecule has 0 radical (unpaired) electrons. The fraction of sp³-hybridized carbons (Fsp3) is 0.429. The molecule has 13 nitrogen and oxygen atoms in total. The van der Waals surface area contributed by atoms with E-state index >= 15 is 0 Å². The van der Waals surface area contributed by atoms with Gasteiger partial charge in [-0.15, -0.1) is 6.58 Å². The number of carbonyl (C=O) groups is 6. The lowest BCUT2D eigenvalue weighted by Gasteiger charge is -2.19. The van der Waals surface area contributed by atoms with Crippen LogP contribution >= 0.6 is 0 Å². The molecule has 5 amide bonds. The maximum atomic E-state index is 12.6. The Bertz CT molecular complexity index is 1120. The van der Waals surface area contributed by atoms with Crippen LogP contribution in [0.4, 0.5) is 5.69 Å². The molecule has 222 valence electrons. The minimum Gasteiger partial charge on any atom is -0.461 e. The van der Waals surface area contributed by atoms with Crippen LogP contribution in [-0.4, -0.2) is 85.5 Å². The fourth-order valence-corrected chi connectivity index (χ4v) is 3.35. The van der Waals surface area contributed by atoms with E-state index in [4.69, 9.17) is 14.2 Å². The average Bonchev–Trinajstić information content (AvgIpc) is 3.28. The van der Waals surface area contributed by atoms with Crippen LogP contribution in [0.3, 0.4) is 0 Å². The number of hydrogen-bond acceptors (Lipinski definition) is 9. The van der Waals surface area contributed by atoms with Gasteiger partial charge in [-0.05, 0) is 24.6 Å². The van der Waals surface area contributed by atoms with Gasteiger partial charge in [0.2, 0.25) is 11.8 Å². The lowest BCUT2D eigenvalue weighted by molar-refractivity contribution is -0.144. The van der Waals surface area contributed by atoms with E-state index in [1.54, 1.807) is 31.2 Å². The first-order chi connectivity index (χ1) is 19.6. The Morgan fingerprint density at radius 3 is 2.17 bits per heavy atom. The molecule has 3 N–H and O–H groups in total. The van der Waals surface area contributed by atoms with Gasteiger partial charge in [0.05, 0.1) is 33.0 Å². The van der Waals surface area contributed by atoms with Crippen LogP contribution in [0.25, 0.3) is 0 Å². The highest BCUT2D eigenvalue weighted by Gasteiger charge is 2.23. The summed E-state index contributed by atoms with van der Waals surface area (Å²) in [4.78, 5) is 72.5. The molecule has 0 aliphatic carbocycles. The molecular weight excluding hydrogens is 536 g/mol. The van der Waals surface area contributed by atoms with Crippen molar-refractivity contribution in [2.45, 2.75) is 45.4 Å². The molecule has 1 aliphatic rings. The molecule has 1 aromatic carbocycles. The van der Waals surface area contributed by atoms with Gasteiger partial charge in [-0.2, -0.15) is 0 Å². The number of nitrogens with one attached hydrogen (secondary N) is 3. The van der Waals surface area contributed by atoms with Gasteiger partial charge in [0.1, 0.15) is 18.7 Å². The Balaban J connectivity index is 1.62. The van der Waals surface area contributed by atoms with Crippen LogP contribution in [0.15, 0.2) is 49.1 Å². The number of anilines is 1. The van der Waals surface area contributed by atoms with Crippen molar-refractivity contribution in [1.29, 1.82) is 0 Å². The summed E-state index contributed by atoms with van der Waals surface area (Å²) in [7, 11) is 0. The Morgan fingerprint density at radius 2 is 1.56 bits per heavy atom. The van der Waals surface area contributed by atoms with Crippen LogP contribution in [0.2, 0.25) is 0 Å². The van der Waals surface area contributed by atoms with Crippen LogP contribution in [0.1, 0.15) is 32.3 Å². The number of amides is 5. The van der Waals surface area contributed by atoms with Crippen molar-refractivity contribution < 1.29 is 43.0 Å². The molecule has 13 heteroatoms. The second kappa shape index (κ2) is 17.4.